The van der Waals surface area contributed by atoms with Crippen molar-refractivity contribution in [1.82, 2.24) is 10.3 Å². The Bertz CT molecular complexity index is 567. The molecule has 106 valence electrons. The van der Waals surface area contributed by atoms with E-state index in [-0.39, 0.29) is 0 Å². The lowest BCUT2D eigenvalue weighted by molar-refractivity contribution is 0.313. The Labute approximate surface area is 136 Å². The molecule has 0 fully saturated rings. The van der Waals surface area contributed by atoms with Gasteiger partial charge in [-0.05, 0) is 34.1 Å². The van der Waals surface area contributed by atoms with Crippen molar-refractivity contribution >= 4 is 39.1 Å². The highest BCUT2D eigenvalue weighted by atomic mass is 79.9. The summed E-state index contributed by atoms with van der Waals surface area (Å²) in [5.41, 5.74) is 0.997. The minimum atomic E-state index is 0.504. The van der Waals surface area contributed by atoms with E-state index >= 15 is 0 Å². The number of halogens is 3. The third kappa shape index (κ3) is 4.63. The van der Waals surface area contributed by atoms with Gasteiger partial charge in [-0.1, -0.05) is 29.3 Å². The van der Waals surface area contributed by atoms with Gasteiger partial charge in [0.2, 0.25) is 0 Å². The Morgan fingerprint density at radius 1 is 1.20 bits per heavy atom. The molecule has 1 heterocycles. The topological polar surface area (TPSA) is 34.1 Å². The number of aromatic nitrogens is 1. The van der Waals surface area contributed by atoms with Crippen LogP contribution in [0.4, 0.5) is 0 Å². The molecule has 20 heavy (non-hydrogen) atoms. The molecular weight excluding hydrogens is 363 g/mol. The normalized spacial score (nSPS) is 10.6. The zero-order valence-corrected chi connectivity index (χ0v) is 13.7. The number of hydrogen-bond acceptors (Lipinski definition) is 3. The summed E-state index contributed by atoms with van der Waals surface area (Å²) in [5, 5.41) is 4.35. The second-order valence-electron chi connectivity index (χ2n) is 4.04. The van der Waals surface area contributed by atoms with E-state index in [1.54, 1.807) is 18.3 Å². The third-order valence-electron chi connectivity index (χ3n) is 2.54. The van der Waals surface area contributed by atoms with Crippen LogP contribution in [0.25, 0.3) is 0 Å². The molecule has 3 nitrogen and oxygen atoms in total. The van der Waals surface area contributed by atoms with Crippen molar-refractivity contribution < 1.29 is 4.74 Å². The maximum Gasteiger partial charge on any atom is 0.139 e. The predicted octanol–water partition coefficient (Wildman–Crippen LogP) is 4.32. The van der Waals surface area contributed by atoms with E-state index in [2.05, 4.69) is 26.2 Å². The molecule has 2 aromatic rings. The van der Waals surface area contributed by atoms with Crippen LogP contribution in [-0.2, 0) is 6.54 Å². The van der Waals surface area contributed by atoms with Crippen LogP contribution in [0.15, 0.2) is 41.0 Å². The summed E-state index contributed by atoms with van der Waals surface area (Å²) in [4.78, 5) is 4.22. The molecule has 1 aromatic carbocycles. The van der Waals surface area contributed by atoms with Crippen molar-refractivity contribution in [3.05, 3.63) is 56.7 Å². The summed E-state index contributed by atoms with van der Waals surface area (Å²) in [6.07, 6.45) is 1.77. The van der Waals surface area contributed by atoms with Crippen molar-refractivity contribution in [2.45, 2.75) is 6.54 Å². The standard InChI is InChI=1S/C14H13BrCl2N2O/c15-11-7-13(17)14(8-12(11)16)20-6-5-18-9-10-3-1-2-4-19-10/h1-4,7-8,18H,5-6,9H2. The minimum absolute atomic E-state index is 0.504. The summed E-state index contributed by atoms with van der Waals surface area (Å²) in [5.74, 6) is 0.583. The first kappa shape index (κ1) is 15.6. The van der Waals surface area contributed by atoms with E-state index in [1.807, 2.05) is 18.2 Å². The van der Waals surface area contributed by atoms with Crippen LogP contribution in [0.5, 0.6) is 5.75 Å². The lowest BCUT2D eigenvalue weighted by Gasteiger charge is -2.10. The van der Waals surface area contributed by atoms with Gasteiger partial charge < -0.3 is 10.1 Å². The largest absolute Gasteiger partial charge is 0.491 e. The van der Waals surface area contributed by atoms with Gasteiger partial charge in [-0.2, -0.15) is 0 Å². The predicted molar refractivity (Wildman–Crippen MR) is 85.6 cm³/mol. The van der Waals surface area contributed by atoms with Crippen molar-refractivity contribution in [2.75, 3.05) is 13.2 Å². The molecule has 0 saturated carbocycles. The first-order chi connectivity index (χ1) is 9.66. The van der Waals surface area contributed by atoms with E-state index in [4.69, 9.17) is 27.9 Å². The molecule has 0 aliphatic rings. The SMILES string of the molecule is Clc1cc(OCCNCc2ccccn2)c(Cl)cc1Br. The van der Waals surface area contributed by atoms with Crippen LogP contribution in [0.1, 0.15) is 5.69 Å². The van der Waals surface area contributed by atoms with Gasteiger partial charge in [0.1, 0.15) is 12.4 Å². The number of pyridine rings is 1. The first-order valence-corrected chi connectivity index (χ1v) is 7.59. The van der Waals surface area contributed by atoms with Gasteiger partial charge in [-0.15, -0.1) is 0 Å². The summed E-state index contributed by atoms with van der Waals surface area (Å²) in [6, 6.07) is 9.25. The minimum Gasteiger partial charge on any atom is -0.491 e. The Kier molecular flexibility index (Phi) is 6.10. The Morgan fingerprint density at radius 3 is 2.80 bits per heavy atom. The number of hydrogen-bond donors (Lipinski definition) is 1. The van der Waals surface area contributed by atoms with Crippen LogP contribution >= 0.6 is 39.1 Å². The van der Waals surface area contributed by atoms with Crippen LogP contribution in [-0.4, -0.2) is 18.1 Å². The molecule has 1 aromatic heterocycles. The lowest BCUT2D eigenvalue weighted by Crippen LogP contribution is -2.21. The zero-order valence-electron chi connectivity index (χ0n) is 10.6. The smallest absolute Gasteiger partial charge is 0.139 e. The van der Waals surface area contributed by atoms with E-state index in [0.717, 1.165) is 10.2 Å². The monoisotopic (exact) mass is 374 g/mol. The van der Waals surface area contributed by atoms with Gasteiger partial charge >= 0.3 is 0 Å². The van der Waals surface area contributed by atoms with Gasteiger partial charge in [-0.3, -0.25) is 4.98 Å². The fraction of sp³-hybridized carbons (Fsp3) is 0.214. The molecule has 0 saturated heterocycles. The van der Waals surface area contributed by atoms with Gasteiger partial charge in [0.25, 0.3) is 0 Å². The highest BCUT2D eigenvalue weighted by Crippen LogP contribution is 2.33. The van der Waals surface area contributed by atoms with Crippen LogP contribution < -0.4 is 10.1 Å². The first-order valence-electron chi connectivity index (χ1n) is 6.05. The molecule has 6 heteroatoms. The molecular formula is C14H13BrCl2N2O. The fourth-order valence-corrected chi connectivity index (χ4v) is 2.41. The summed E-state index contributed by atoms with van der Waals surface area (Å²) in [7, 11) is 0. The summed E-state index contributed by atoms with van der Waals surface area (Å²) in [6.45, 7) is 1.91. The maximum absolute atomic E-state index is 6.07. The third-order valence-corrected chi connectivity index (χ3v) is 4.04. The Morgan fingerprint density at radius 2 is 2.05 bits per heavy atom. The number of nitrogens with one attached hydrogen (secondary N) is 1. The van der Waals surface area contributed by atoms with Crippen molar-refractivity contribution in [1.29, 1.82) is 0 Å². The van der Waals surface area contributed by atoms with Crippen LogP contribution in [0, 0.1) is 0 Å². The number of rotatable bonds is 6. The average Bonchev–Trinajstić information content (AvgIpc) is 2.45. The molecule has 0 radical (unpaired) electrons. The fourth-order valence-electron chi connectivity index (χ4n) is 1.57. The zero-order chi connectivity index (χ0) is 14.4. The van der Waals surface area contributed by atoms with E-state index in [0.29, 0.717) is 35.5 Å². The molecule has 0 aliphatic carbocycles. The van der Waals surface area contributed by atoms with E-state index < -0.39 is 0 Å². The summed E-state index contributed by atoms with van der Waals surface area (Å²) < 4.78 is 6.34. The molecule has 0 atom stereocenters. The van der Waals surface area contributed by atoms with Crippen LogP contribution in [0.2, 0.25) is 10.0 Å². The molecule has 1 N–H and O–H groups in total. The van der Waals surface area contributed by atoms with E-state index in [9.17, 15) is 0 Å². The Balaban J connectivity index is 1.75. The number of ether oxygens (including phenoxy) is 1. The second kappa shape index (κ2) is 7.84. The van der Waals surface area contributed by atoms with Gasteiger partial charge in [0.15, 0.2) is 0 Å². The van der Waals surface area contributed by atoms with Crippen LogP contribution in [0.3, 0.4) is 0 Å². The molecule has 0 amide bonds. The lowest BCUT2D eigenvalue weighted by atomic mass is 10.3. The molecule has 2 rings (SSSR count). The van der Waals surface area contributed by atoms with Crippen molar-refractivity contribution in [2.24, 2.45) is 0 Å². The number of nitrogens with zero attached hydrogens (tertiary/aromatic N) is 1. The average molecular weight is 376 g/mol. The van der Waals surface area contributed by atoms with E-state index in [1.165, 1.54) is 0 Å². The highest BCUT2D eigenvalue weighted by Gasteiger charge is 2.06. The van der Waals surface area contributed by atoms with Crippen molar-refractivity contribution in [3.63, 3.8) is 0 Å². The number of benzene rings is 1. The maximum atomic E-state index is 6.07. The molecule has 0 unspecified atom stereocenters. The summed E-state index contributed by atoms with van der Waals surface area (Å²) >= 11 is 15.4. The van der Waals surface area contributed by atoms with Crippen molar-refractivity contribution in [3.8, 4) is 5.75 Å². The van der Waals surface area contributed by atoms with Gasteiger partial charge in [0, 0.05) is 29.8 Å². The van der Waals surface area contributed by atoms with Gasteiger partial charge in [-0.25, -0.2) is 0 Å². The molecule has 0 bridgehead atoms. The Hall–Kier alpha value is -0.810. The molecule has 0 aliphatic heterocycles. The van der Waals surface area contributed by atoms with Gasteiger partial charge in [0.05, 0.1) is 15.7 Å². The second-order valence-corrected chi connectivity index (χ2v) is 5.71. The molecule has 0 spiro atoms. The highest BCUT2D eigenvalue weighted by molar-refractivity contribution is 9.10. The quantitative estimate of drug-likeness (QED) is 0.603.